The van der Waals surface area contributed by atoms with Crippen molar-refractivity contribution in [3.05, 3.63) is 0 Å². The van der Waals surface area contributed by atoms with Crippen molar-refractivity contribution in [1.29, 1.82) is 0 Å². The van der Waals surface area contributed by atoms with Crippen LogP contribution in [0.1, 0.15) is 12.8 Å². The van der Waals surface area contributed by atoms with Crippen LogP contribution in [0.4, 0.5) is 13.2 Å². The molecule has 0 N–H and O–H groups in total. The van der Waals surface area contributed by atoms with E-state index in [2.05, 4.69) is 17.2 Å². The Labute approximate surface area is 60.9 Å². The zero-order valence-electron chi connectivity index (χ0n) is 4.90. The van der Waals surface area contributed by atoms with Gasteiger partial charge in [-0.15, -0.1) is 0 Å². The Morgan fingerprint density at radius 3 is 2.00 bits per heavy atom. The maximum atomic E-state index is 11.9. The highest BCUT2D eigenvalue weighted by Gasteiger charge is 2.64. The molecule has 0 radical (unpaired) electrons. The molecule has 0 aromatic rings. The Kier molecular flexibility index (Phi) is 1.57. The lowest BCUT2D eigenvalue weighted by molar-refractivity contribution is -0.155. The zero-order valence-corrected chi connectivity index (χ0v) is 5.72. The summed E-state index contributed by atoms with van der Waals surface area (Å²) in [6.45, 7) is 0. The molecule has 1 rings (SSSR count). The Bertz CT molecular complexity index is 188. The van der Waals surface area contributed by atoms with Crippen molar-refractivity contribution in [2.24, 2.45) is 4.99 Å². The van der Waals surface area contributed by atoms with Gasteiger partial charge >= 0.3 is 6.18 Å². The number of hydrogen-bond donors (Lipinski definition) is 0. The minimum atomic E-state index is -4.24. The van der Waals surface area contributed by atoms with Crippen LogP contribution in [0.2, 0.25) is 0 Å². The van der Waals surface area contributed by atoms with Crippen LogP contribution >= 0.6 is 12.2 Å². The summed E-state index contributed by atoms with van der Waals surface area (Å²) in [6, 6.07) is 0. The third-order valence-corrected chi connectivity index (χ3v) is 1.60. The lowest BCUT2D eigenvalue weighted by Crippen LogP contribution is -2.28. The van der Waals surface area contributed by atoms with Gasteiger partial charge in [0.15, 0.2) is 5.54 Å². The highest BCUT2D eigenvalue weighted by Crippen LogP contribution is 2.51. The zero-order chi connectivity index (χ0) is 7.83. The van der Waals surface area contributed by atoms with Crippen LogP contribution < -0.4 is 0 Å². The maximum absolute atomic E-state index is 11.9. The highest BCUT2D eigenvalue weighted by atomic mass is 32.1. The van der Waals surface area contributed by atoms with Crippen LogP contribution in [0, 0.1) is 0 Å². The lowest BCUT2D eigenvalue weighted by atomic mass is 10.3. The van der Waals surface area contributed by atoms with Gasteiger partial charge in [-0.3, -0.25) is 0 Å². The molecule has 0 spiro atoms. The average molecular weight is 167 g/mol. The van der Waals surface area contributed by atoms with Crippen molar-refractivity contribution < 1.29 is 13.2 Å². The van der Waals surface area contributed by atoms with Gasteiger partial charge in [0.05, 0.1) is 5.16 Å². The first kappa shape index (κ1) is 7.69. The van der Waals surface area contributed by atoms with Gasteiger partial charge in [-0.05, 0) is 25.1 Å². The first-order valence-corrected chi connectivity index (χ1v) is 3.08. The fourth-order valence-electron chi connectivity index (χ4n) is 0.664. The molecule has 10 heavy (non-hydrogen) atoms. The molecule has 5 heteroatoms. The Morgan fingerprint density at radius 1 is 1.40 bits per heavy atom. The molecule has 1 aliphatic rings. The number of thiocarbonyl (C=S) groups is 1. The Balaban J connectivity index is 2.79. The lowest BCUT2D eigenvalue weighted by Gasteiger charge is -2.11. The summed E-state index contributed by atoms with van der Waals surface area (Å²) in [7, 11) is 0. The quantitative estimate of drug-likeness (QED) is 0.430. The molecule has 0 aliphatic heterocycles. The van der Waals surface area contributed by atoms with E-state index in [1.807, 2.05) is 0 Å². The Morgan fingerprint density at radius 2 is 1.90 bits per heavy atom. The number of halogens is 3. The number of rotatable bonds is 1. The number of nitrogens with zero attached hydrogens (tertiary/aromatic N) is 1. The van der Waals surface area contributed by atoms with E-state index in [1.54, 1.807) is 5.16 Å². The van der Waals surface area contributed by atoms with Gasteiger partial charge in [-0.1, -0.05) is 0 Å². The molecule has 0 aromatic carbocycles. The van der Waals surface area contributed by atoms with Crippen molar-refractivity contribution in [3.63, 3.8) is 0 Å². The van der Waals surface area contributed by atoms with Crippen LogP contribution in [0.15, 0.2) is 4.99 Å². The number of isothiocyanates is 1. The molecule has 56 valence electrons. The molecular weight excluding hydrogens is 163 g/mol. The van der Waals surface area contributed by atoms with Gasteiger partial charge in [0.25, 0.3) is 0 Å². The van der Waals surface area contributed by atoms with Gasteiger partial charge in [0, 0.05) is 0 Å². The van der Waals surface area contributed by atoms with E-state index in [9.17, 15) is 13.2 Å². The molecule has 0 bridgehead atoms. The molecule has 0 unspecified atom stereocenters. The summed E-state index contributed by atoms with van der Waals surface area (Å²) in [4.78, 5) is 3.08. The standard InChI is InChI=1S/C5H4F3NS/c6-5(7,8)4(1-2-4)9-3-10/h1-2H2. The SMILES string of the molecule is FC(F)(F)C1(N=C=S)CC1. The summed E-state index contributed by atoms with van der Waals surface area (Å²) >= 11 is 4.09. The third-order valence-electron chi connectivity index (χ3n) is 1.51. The predicted molar refractivity (Wildman–Crippen MR) is 33.0 cm³/mol. The number of alkyl halides is 3. The molecule has 1 saturated carbocycles. The second-order valence-electron chi connectivity index (χ2n) is 2.23. The normalized spacial score (nSPS) is 21.5. The third kappa shape index (κ3) is 1.07. The van der Waals surface area contributed by atoms with Crippen LogP contribution in [-0.2, 0) is 0 Å². The topological polar surface area (TPSA) is 12.4 Å². The smallest absolute Gasteiger partial charge is 0.216 e. The number of hydrogen-bond acceptors (Lipinski definition) is 2. The van der Waals surface area contributed by atoms with Crippen LogP contribution in [0.3, 0.4) is 0 Å². The van der Waals surface area contributed by atoms with Crippen LogP contribution in [-0.4, -0.2) is 16.9 Å². The molecule has 0 saturated heterocycles. The van der Waals surface area contributed by atoms with Gasteiger partial charge in [0.1, 0.15) is 0 Å². The van der Waals surface area contributed by atoms with Gasteiger partial charge in [0.2, 0.25) is 0 Å². The molecule has 0 amide bonds. The van der Waals surface area contributed by atoms with Crippen molar-refractivity contribution in [2.45, 2.75) is 24.6 Å². The van der Waals surface area contributed by atoms with E-state index in [4.69, 9.17) is 0 Å². The highest BCUT2D eigenvalue weighted by molar-refractivity contribution is 7.78. The fourth-order valence-corrected chi connectivity index (χ4v) is 0.839. The van der Waals surface area contributed by atoms with Crippen molar-refractivity contribution in [3.8, 4) is 0 Å². The molecule has 0 heterocycles. The minimum absolute atomic E-state index is 0.0557. The largest absolute Gasteiger partial charge is 0.414 e. The second-order valence-corrected chi connectivity index (χ2v) is 2.42. The summed E-state index contributed by atoms with van der Waals surface area (Å²) in [5.41, 5.74) is -1.85. The maximum Gasteiger partial charge on any atom is 0.414 e. The minimum Gasteiger partial charge on any atom is -0.216 e. The van der Waals surface area contributed by atoms with E-state index in [1.165, 1.54) is 0 Å². The Hall–Kier alpha value is -0.410. The monoisotopic (exact) mass is 167 g/mol. The van der Waals surface area contributed by atoms with E-state index < -0.39 is 11.7 Å². The van der Waals surface area contributed by atoms with Gasteiger partial charge < -0.3 is 0 Å². The van der Waals surface area contributed by atoms with Crippen molar-refractivity contribution in [2.75, 3.05) is 0 Å². The van der Waals surface area contributed by atoms with Crippen LogP contribution in [0.5, 0.6) is 0 Å². The molecule has 0 aromatic heterocycles. The predicted octanol–water partition coefficient (Wildman–Crippen LogP) is 2.18. The summed E-state index contributed by atoms with van der Waals surface area (Å²) in [5.74, 6) is 0. The fraction of sp³-hybridized carbons (Fsp3) is 0.800. The van der Waals surface area contributed by atoms with Crippen molar-refractivity contribution >= 4 is 17.4 Å². The first-order chi connectivity index (χ1) is 4.52. The summed E-state index contributed by atoms with van der Waals surface area (Å²) in [5, 5.41) is 1.77. The summed E-state index contributed by atoms with van der Waals surface area (Å²) < 4.78 is 35.7. The van der Waals surface area contributed by atoms with E-state index >= 15 is 0 Å². The average Bonchev–Trinajstić information content (AvgIpc) is 2.45. The van der Waals surface area contributed by atoms with E-state index in [-0.39, 0.29) is 12.8 Å². The van der Waals surface area contributed by atoms with E-state index in [0.717, 1.165) is 0 Å². The van der Waals surface area contributed by atoms with Gasteiger partial charge in [-0.2, -0.15) is 13.2 Å². The molecule has 1 aliphatic carbocycles. The van der Waals surface area contributed by atoms with Gasteiger partial charge in [-0.25, -0.2) is 4.99 Å². The van der Waals surface area contributed by atoms with Crippen LogP contribution in [0.25, 0.3) is 0 Å². The molecule has 1 fully saturated rings. The number of aliphatic imine (C=N–C) groups is 1. The second kappa shape index (κ2) is 2.04. The van der Waals surface area contributed by atoms with Crippen molar-refractivity contribution in [1.82, 2.24) is 0 Å². The molecular formula is C5H4F3NS. The molecule has 0 atom stereocenters. The molecule has 1 nitrogen and oxygen atoms in total. The first-order valence-electron chi connectivity index (χ1n) is 2.68. The summed E-state index contributed by atoms with van der Waals surface area (Å²) in [6.07, 6.45) is -4.13. The van der Waals surface area contributed by atoms with E-state index in [0.29, 0.717) is 0 Å².